The van der Waals surface area contributed by atoms with Gasteiger partial charge >= 0.3 is 5.97 Å². The van der Waals surface area contributed by atoms with E-state index in [1.165, 1.54) is 0 Å². The van der Waals surface area contributed by atoms with Crippen LogP contribution in [-0.4, -0.2) is 5.97 Å². The van der Waals surface area contributed by atoms with Gasteiger partial charge in [0.15, 0.2) is 0 Å². The summed E-state index contributed by atoms with van der Waals surface area (Å²) >= 11 is 0. The molecule has 1 atom stereocenters. The van der Waals surface area contributed by atoms with E-state index < -0.39 is 0 Å². The molecule has 0 spiro atoms. The van der Waals surface area contributed by atoms with Crippen LogP contribution in [-0.2, 0) is 9.63 Å². The maximum Gasteiger partial charge on any atom is 0.369 e. The number of quaternary nitrogens is 1. The zero-order chi connectivity index (χ0) is 6.57. The van der Waals surface area contributed by atoms with Gasteiger partial charge < -0.3 is 0 Å². The van der Waals surface area contributed by atoms with Gasteiger partial charge in [-0.2, -0.15) is 5.90 Å². The summed E-state index contributed by atoms with van der Waals surface area (Å²) in [6, 6.07) is 0. The van der Waals surface area contributed by atoms with E-state index in [0.29, 0.717) is 0 Å². The highest BCUT2D eigenvalue weighted by Gasteiger charge is 2.11. The summed E-state index contributed by atoms with van der Waals surface area (Å²) in [6.07, 6.45) is 0.814. The van der Waals surface area contributed by atoms with Gasteiger partial charge in [0.05, 0.1) is 5.92 Å². The van der Waals surface area contributed by atoms with Crippen molar-refractivity contribution in [2.24, 2.45) is 5.92 Å². The molecule has 0 aliphatic carbocycles. The van der Waals surface area contributed by atoms with E-state index in [9.17, 15) is 4.79 Å². The molecule has 0 saturated heterocycles. The van der Waals surface area contributed by atoms with Crippen LogP contribution in [0.4, 0.5) is 0 Å². The molecule has 48 valence electrons. The molecule has 0 aromatic rings. The molecule has 0 bridgehead atoms. The summed E-state index contributed by atoms with van der Waals surface area (Å²) in [7, 11) is 0. The van der Waals surface area contributed by atoms with Crippen molar-refractivity contribution in [3.63, 3.8) is 0 Å². The third kappa shape index (κ3) is 1.93. The molecule has 0 saturated carbocycles. The molecule has 0 heterocycles. The molecular weight excluding hydrogens is 106 g/mol. The fourth-order valence-electron chi connectivity index (χ4n) is 0.309. The van der Waals surface area contributed by atoms with Crippen molar-refractivity contribution in [2.75, 3.05) is 0 Å². The predicted molar refractivity (Wildman–Crippen MR) is 28.4 cm³/mol. The Balaban J connectivity index is 3.46. The van der Waals surface area contributed by atoms with E-state index in [4.69, 9.17) is 0 Å². The van der Waals surface area contributed by atoms with Crippen molar-refractivity contribution in [1.29, 1.82) is 0 Å². The Morgan fingerprint density at radius 3 is 2.50 bits per heavy atom. The van der Waals surface area contributed by atoms with Crippen molar-refractivity contribution in [3.8, 4) is 0 Å². The number of carbonyl (C=O) groups is 1. The molecule has 0 fully saturated rings. The van der Waals surface area contributed by atoms with Crippen LogP contribution in [0.5, 0.6) is 0 Å². The molecule has 0 aliphatic rings. The summed E-state index contributed by atoms with van der Waals surface area (Å²) in [5.41, 5.74) is 0. The maximum absolute atomic E-state index is 10.5. The summed E-state index contributed by atoms with van der Waals surface area (Å²) in [4.78, 5) is 14.7. The van der Waals surface area contributed by atoms with E-state index in [1.54, 1.807) is 0 Å². The Labute approximate surface area is 48.8 Å². The first-order valence-corrected chi connectivity index (χ1v) is 2.68. The average molecular weight is 118 g/mol. The monoisotopic (exact) mass is 118 g/mol. The number of carbonyl (C=O) groups excluding carboxylic acids is 1. The molecule has 0 amide bonds. The van der Waals surface area contributed by atoms with E-state index >= 15 is 0 Å². The second-order valence-corrected chi connectivity index (χ2v) is 1.77. The van der Waals surface area contributed by atoms with Gasteiger partial charge in [-0.25, -0.2) is 4.79 Å². The number of rotatable bonds is 2. The normalized spacial score (nSPS) is 12.9. The van der Waals surface area contributed by atoms with Crippen molar-refractivity contribution in [2.45, 2.75) is 20.3 Å². The summed E-state index contributed by atoms with van der Waals surface area (Å²) in [5, 5.41) is 0. The lowest BCUT2D eigenvalue weighted by Gasteiger charge is -1.99. The molecular formula is C5H12NO2+. The summed E-state index contributed by atoms with van der Waals surface area (Å²) in [5.74, 6) is 2.77. The van der Waals surface area contributed by atoms with E-state index in [0.717, 1.165) is 6.42 Å². The molecule has 3 heteroatoms. The zero-order valence-electron chi connectivity index (χ0n) is 5.31. The summed E-state index contributed by atoms with van der Waals surface area (Å²) in [6.45, 7) is 3.75. The quantitative estimate of drug-likeness (QED) is 0.507. The smallest absolute Gasteiger partial charge is 0.282 e. The molecule has 3 nitrogen and oxygen atoms in total. The molecule has 0 radical (unpaired) electrons. The molecule has 3 N–H and O–H groups in total. The van der Waals surface area contributed by atoms with Crippen molar-refractivity contribution in [3.05, 3.63) is 0 Å². The van der Waals surface area contributed by atoms with Crippen LogP contribution in [0.1, 0.15) is 20.3 Å². The van der Waals surface area contributed by atoms with Crippen molar-refractivity contribution >= 4 is 5.97 Å². The molecule has 1 unspecified atom stereocenters. The van der Waals surface area contributed by atoms with Gasteiger partial charge in [0.2, 0.25) is 0 Å². The first kappa shape index (κ1) is 7.43. The lowest BCUT2D eigenvalue weighted by atomic mass is 10.1. The highest BCUT2D eigenvalue weighted by atomic mass is 16.7. The summed E-state index contributed by atoms with van der Waals surface area (Å²) < 4.78 is 0. The van der Waals surface area contributed by atoms with Gasteiger partial charge in [0, 0.05) is 0 Å². The van der Waals surface area contributed by atoms with E-state index in [-0.39, 0.29) is 11.9 Å². The highest BCUT2D eigenvalue weighted by Crippen LogP contribution is 1.99. The van der Waals surface area contributed by atoms with Gasteiger partial charge in [-0.15, -0.1) is 0 Å². The van der Waals surface area contributed by atoms with Crippen LogP contribution in [0.25, 0.3) is 0 Å². The largest absolute Gasteiger partial charge is 0.369 e. The van der Waals surface area contributed by atoms with Gasteiger partial charge in [-0.05, 0) is 6.42 Å². The number of hydrogen-bond donors (Lipinski definition) is 1. The van der Waals surface area contributed by atoms with Gasteiger partial charge in [0.25, 0.3) is 0 Å². The van der Waals surface area contributed by atoms with Crippen LogP contribution >= 0.6 is 0 Å². The van der Waals surface area contributed by atoms with Crippen LogP contribution < -0.4 is 5.90 Å². The van der Waals surface area contributed by atoms with Crippen molar-refractivity contribution < 1.29 is 15.5 Å². The second kappa shape index (κ2) is 3.43. The Hall–Kier alpha value is -0.570. The van der Waals surface area contributed by atoms with Gasteiger partial charge in [0.1, 0.15) is 0 Å². The standard InChI is InChI=1S/C5H12NO2/c1-3-4(2)5(7)8-6/h4H,3H2,1-2,6H3/q+1. The van der Waals surface area contributed by atoms with Crippen LogP contribution in [0.15, 0.2) is 0 Å². The van der Waals surface area contributed by atoms with Crippen LogP contribution in [0, 0.1) is 5.92 Å². The fraction of sp³-hybridized carbons (Fsp3) is 0.800. The first-order valence-electron chi connectivity index (χ1n) is 2.68. The molecule has 0 rings (SSSR count). The minimum absolute atomic E-state index is 0.00694. The Morgan fingerprint density at radius 2 is 2.38 bits per heavy atom. The van der Waals surface area contributed by atoms with Crippen molar-refractivity contribution in [1.82, 2.24) is 0 Å². The topological polar surface area (TPSA) is 53.9 Å². The minimum Gasteiger partial charge on any atom is -0.282 e. The van der Waals surface area contributed by atoms with E-state index in [1.807, 2.05) is 13.8 Å². The average Bonchev–Trinajstić information content (AvgIpc) is 1.84. The third-order valence-corrected chi connectivity index (χ3v) is 1.16. The Morgan fingerprint density at radius 1 is 1.88 bits per heavy atom. The molecule has 8 heavy (non-hydrogen) atoms. The van der Waals surface area contributed by atoms with E-state index in [2.05, 4.69) is 10.7 Å². The van der Waals surface area contributed by atoms with Gasteiger partial charge in [-0.3, -0.25) is 4.84 Å². The molecule has 0 aromatic carbocycles. The zero-order valence-corrected chi connectivity index (χ0v) is 5.31. The SMILES string of the molecule is CCC(C)C(=O)O[NH3+]. The predicted octanol–water partition coefficient (Wildman–Crippen LogP) is -0.267. The van der Waals surface area contributed by atoms with Crippen LogP contribution in [0.3, 0.4) is 0 Å². The molecule has 0 aromatic heterocycles. The fourth-order valence-corrected chi connectivity index (χ4v) is 0.309. The minimum atomic E-state index is -0.229. The lowest BCUT2D eigenvalue weighted by molar-refractivity contribution is -0.658. The second-order valence-electron chi connectivity index (χ2n) is 1.77. The first-order chi connectivity index (χ1) is 3.72. The third-order valence-electron chi connectivity index (χ3n) is 1.16. The highest BCUT2D eigenvalue weighted by molar-refractivity contribution is 5.70. The Kier molecular flexibility index (Phi) is 3.19. The maximum atomic E-state index is 10.5. The van der Waals surface area contributed by atoms with Gasteiger partial charge in [-0.1, -0.05) is 13.8 Å². The Bertz CT molecular complexity index is 82.5. The number of hydrogen-bond acceptors (Lipinski definition) is 2. The lowest BCUT2D eigenvalue weighted by Crippen LogP contribution is -2.52. The molecule has 0 aliphatic heterocycles. The van der Waals surface area contributed by atoms with Crippen LogP contribution in [0.2, 0.25) is 0 Å².